The summed E-state index contributed by atoms with van der Waals surface area (Å²) in [5.74, 6) is 0.828. The Morgan fingerprint density at radius 1 is 1.12 bits per heavy atom. The molecule has 1 aromatic rings. The van der Waals surface area contributed by atoms with Crippen LogP contribution in [0.25, 0.3) is 0 Å². The molecule has 1 rings (SSSR count). The molecule has 17 heavy (non-hydrogen) atoms. The highest BCUT2D eigenvalue weighted by Gasteiger charge is 2.15. The zero-order chi connectivity index (χ0) is 12.7. The SMILES string of the molecule is COCCOC(C)C(N)c1ccc(OC)cc1. The van der Waals surface area contributed by atoms with Crippen molar-refractivity contribution in [2.45, 2.75) is 19.1 Å². The summed E-state index contributed by atoms with van der Waals surface area (Å²) >= 11 is 0. The van der Waals surface area contributed by atoms with Crippen LogP contribution >= 0.6 is 0 Å². The van der Waals surface area contributed by atoms with Gasteiger partial charge in [-0.1, -0.05) is 12.1 Å². The molecule has 4 heteroatoms. The van der Waals surface area contributed by atoms with Crippen molar-refractivity contribution in [1.29, 1.82) is 0 Å². The third kappa shape index (κ3) is 4.34. The van der Waals surface area contributed by atoms with Crippen LogP contribution in [-0.4, -0.2) is 33.5 Å². The van der Waals surface area contributed by atoms with E-state index in [1.54, 1.807) is 14.2 Å². The lowest BCUT2D eigenvalue weighted by Crippen LogP contribution is -2.27. The fraction of sp³-hybridized carbons (Fsp3) is 0.538. The Morgan fingerprint density at radius 3 is 2.29 bits per heavy atom. The zero-order valence-corrected chi connectivity index (χ0v) is 10.7. The van der Waals surface area contributed by atoms with Gasteiger partial charge in [0.2, 0.25) is 0 Å². The fourth-order valence-electron chi connectivity index (χ4n) is 1.52. The standard InChI is InChI=1S/C13H21NO3/c1-10(17-9-8-15-2)13(14)11-4-6-12(16-3)7-5-11/h4-7,10,13H,8-9,14H2,1-3H3. The van der Waals surface area contributed by atoms with Crippen molar-refractivity contribution in [2.24, 2.45) is 5.73 Å². The van der Waals surface area contributed by atoms with Crippen LogP contribution in [0.3, 0.4) is 0 Å². The van der Waals surface area contributed by atoms with Crippen molar-refractivity contribution in [3.05, 3.63) is 29.8 Å². The quantitative estimate of drug-likeness (QED) is 0.736. The molecule has 0 aromatic heterocycles. The molecule has 0 amide bonds. The second-order valence-corrected chi connectivity index (χ2v) is 3.87. The average molecular weight is 239 g/mol. The minimum absolute atomic E-state index is 0.0430. The molecule has 0 heterocycles. The summed E-state index contributed by atoms with van der Waals surface area (Å²) in [6.07, 6.45) is -0.0430. The minimum atomic E-state index is -0.141. The Bertz CT molecular complexity index is 313. The van der Waals surface area contributed by atoms with Crippen molar-refractivity contribution in [3.63, 3.8) is 0 Å². The van der Waals surface area contributed by atoms with E-state index in [4.69, 9.17) is 19.9 Å². The predicted octanol–water partition coefficient (Wildman–Crippen LogP) is 1.75. The van der Waals surface area contributed by atoms with E-state index >= 15 is 0 Å². The molecule has 0 aliphatic carbocycles. The summed E-state index contributed by atoms with van der Waals surface area (Å²) in [5.41, 5.74) is 7.14. The Kier molecular flexibility index (Phi) is 5.97. The van der Waals surface area contributed by atoms with Gasteiger partial charge in [0.15, 0.2) is 0 Å². The molecule has 2 unspecified atom stereocenters. The van der Waals surface area contributed by atoms with Gasteiger partial charge in [-0.25, -0.2) is 0 Å². The van der Waals surface area contributed by atoms with E-state index in [0.717, 1.165) is 11.3 Å². The van der Waals surface area contributed by atoms with Gasteiger partial charge in [-0.2, -0.15) is 0 Å². The lowest BCUT2D eigenvalue weighted by Gasteiger charge is -2.21. The summed E-state index contributed by atoms with van der Waals surface area (Å²) in [6, 6.07) is 7.57. The molecule has 0 spiro atoms. The average Bonchev–Trinajstić information content (AvgIpc) is 2.38. The largest absolute Gasteiger partial charge is 0.497 e. The molecule has 2 atom stereocenters. The number of methoxy groups -OCH3 is 2. The van der Waals surface area contributed by atoms with Gasteiger partial charge in [-0.3, -0.25) is 0 Å². The molecular formula is C13H21NO3. The predicted molar refractivity (Wildman–Crippen MR) is 67.2 cm³/mol. The van der Waals surface area contributed by atoms with Gasteiger partial charge in [0.1, 0.15) is 5.75 Å². The lowest BCUT2D eigenvalue weighted by molar-refractivity contribution is 0.0139. The first kappa shape index (κ1) is 14.0. The van der Waals surface area contributed by atoms with Crippen LogP contribution in [0.1, 0.15) is 18.5 Å². The number of benzene rings is 1. The monoisotopic (exact) mass is 239 g/mol. The molecule has 2 N–H and O–H groups in total. The molecular weight excluding hydrogens is 218 g/mol. The lowest BCUT2D eigenvalue weighted by atomic mass is 10.0. The van der Waals surface area contributed by atoms with Crippen molar-refractivity contribution in [1.82, 2.24) is 0 Å². The molecule has 0 saturated heterocycles. The van der Waals surface area contributed by atoms with E-state index in [9.17, 15) is 0 Å². The van der Waals surface area contributed by atoms with Crippen LogP contribution in [-0.2, 0) is 9.47 Å². The van der Waals surface area contributed by atoms with Gasteiger partial charge in [-0.05, 0) is 24.6 Å². The van der Waals surface area contributed by atoms with Crippen LogP contribution in [0.5, 0.6) is 5.75 Å². The number of hydrogen-bond donors (Lipinski definition) is 1. The number of ether oxygens (including phenoxy) is 3. The smallest absolute Gasteiger partial charge is 0.118 e. The van der Waals surface area contributed by atoms with E-state index in [-0.39, 0.29) is 12.1 Å². The maximum absolute atomic E-state index is 6.11. The van der Waals surface area contributed by atoms with Crippen LogP contribution in [0, 0.1) is 0 Å². The maximum Gasteiger partial charge on any atom is 0.118 e. The van der Waals surface area contributed by atoms with Gasteiger partial charge in [0.25, 0.3) is 0 Å². The molecule has 0 bridgehead atoms. The van der Waals surface area contributed by atoms with E-state index in [1.807, 2.05) is 31.2 Å². The van der Waals surface area contributed by atoms with Crippen molar-refractivity contribution >= 4 is 0 Å². The fourth-order valence-corrected chi connectivity index (χ4v) is 1.52. The van der Waals surface area contributed by atoms with E-state index in [1.165, 1.54) is 0 Å². The summed E-state index contributed by atoms with van der Waals surface area (Å²) < 4.78 is 15.6. The normalized spacial score (nSPS) is 14.4. The summed E-state index contributed by atoms with van der Waals surface area (Å²) in [4.78, 5) is 0. The molecule has 0 aliphatic heterocycles. The number of rotatable bonds is 7. The van der Waals surface area contributed by atoms with Gasteiger partial charge in [0, 0.05) is 7.11 Å². The molecule has 0 saturated carbocycles. The van der Waals surface area contributed by atoms with Crippen LogP contribution in [0.2, 0.25) is 0 Å². The highest BCUT2D eigenvalue weighted by atomic mass is 16.5. The molecule has 96 valence electrons. The Hall–Kier alpha value is -1.10. The first-order valence-electron chi connectivity index (χ1n) is 5.69. The van der Waals surface area contributed by atoms with E-state index in [2.05, 4.69) is 0 Å². The third-order valence-electron chi connectivity index (χ3n) is 2.67. The molecule has 0 fully saturated rings. The second-order valence-electron chi connectivity index (χ2n) is 3.87. The molecule has 0 aliphatic rings. The Labute approximate surface area is 103 Å². The number of hydrogen-bond acceptors (Lipinski definition) is 4. The zero-order valence-electron chi connectivity index (χ0n) is 10.7. The topological polar surface area (TPSA) is 53.7 Å². The van der Waals surface area contributed by atoms with Crippen LogP contribution < -0.4 is 10.5 Å². The highest BCUT2D eigenvalue weighted by molar-refractivity contribution is 5.29. The minimum Gasteiger partial charge on any atom is -0.497 e. The highest BCUT2D eigenvalue weighted by Crippen LogP contribution is 2.19. The van der Waals surface area contributed by atoms with Gasteiger partial charge < -0.3 is 19.9 Å². The van der Waals surface area contributed by atoms with Crippen LogP contribution in [0.15, 0.2) is 24.3 Å². The van der Waals surface area contributed by atoms with Gasteiger partial charge >= 0.3 is 0 Å². The number of nitrogens with two attached hydrogens (primary N) is 1. The first-order valence-corrected chi connectivity index (χ1v) is 5.69. The molecule has 1 aromatic carbocycles. The first-order chi connectivity index (χ1) is 8.19. The maximum atomic E-state index is 6.11. The van der Waals surface area contributed by atoms with E-state index < -0.39 is 0 Å². The third-order valence-corrected chi connectivity index (χ3v) is 2.67. The summed E-state index contributed by atoms with van der Waals surface area (Å²) in [5, 5.41) is 0. The van der Waals surface area contributed by atoms with Gasteiger partial charge in [0.05, 0.1) is 32.5 Å². The summed E-state index contributed by atoms with van der Waals surface area (Å²) in [6.45, 7) is 3.10. The summed E-state index contributed by atoms with van der Waals surface area (Å²) in [7, 11) is 3.29. The second kappa shape index (κ2) is 7.27. The molecule has 4 nitrogen and oxygen atoms in total. The molecule has 0 radical (unpaired) electrons. The van der Waals surface area contributed by atoms with Crippen molar-refractivity contribution in [2.75, 3.05) is 27.4 Å². The van der Waals surface area contributed by atoms with Crippen molar-refractivity contribution < 1.29 is 14.2 Å². The van der Waals surface area contributed by atoms with Crippen molar-refractivity contribution in [3.8, 4) is 5.75 Å². The Balaban J connectivity index is 2.52. The van der Waals surface area contributed by atoms with Gasteiger partial charge in [-0.15, -0.1) is 0 Å². The van der Waals surface area contributed by atoms with E-state index in [0.29, 0.717) is 13.2 Å². The van der Waals surface area contributed by atoms with Crippen LogP contribution in [0.4, 0.5) is 0 Å². The Morgan fingerprint density at radius 2 is 1.76 bits per heavy atom.